The normalized spacial score (nSPS) is 11.6. The van der Waals surface area contributed by atoms with Crippen LogP contribution in [-0.2, 0) is 16.4 Å². The van der Waals surface area contributed by atoms with Crippen molar-refractivity contribution in [2.24, 2.45) is 5.14 Å². The lowest BCUT2D eigenvalue weighted by atomic mass is 10.3. The van der Waals surface area contributed by atoms with Crippen molar-refractivity contribution < 1.29 is 13.2 Å². The van der Waals surface area contributed by atoms with Gasteiger partial charge in [-0.1, -0.05) is 0 Å². The molecular weight excluding hydrogens is 274 g/mol. The monoisotopic (exact) mass is 291 g/mol. The van der Waals surface area contributed by atoms with E-state index in [2.05, 4.69) is 10.6 Å². The van der Waals surface area contributed by atoms with Crippen molar-refractivity contribution in [3.8, 4) is 0 Å². The van der Waals surface area contributed by atoms with E-state index < -0.39 is 10.0 Å². The minimum Gasteiger partial charge on any atom is -0.338 e. The van der Waals surface area contributed by atoms with E-state index in [-0.39, 0.29) is 16.3 Å². The van der Waals surface area contributed by atoms with E-state index in [1.54, 1.807) is 6.07 Å². The number of carbonyl (C=O) groups is 1. The third kappa shape index (κ3) is 5.03. The Morgan fingerprint density at radius 2 is 2.11 bits per heavy atom. The third-order valence-electron chi connectivity index (χ3n) is 1.99. The van der Waals surface area contributed by atoms with Gasteiger partial charge in [-0.15, -0.1) is 11.3 Å². The predicted octanol–water partition coefficient (Wildman–Crippen LogP) is 0.646. The van der Waals surface area contributed by atoms with Crippen LogP contribution in [0.3, 0.4) is 0 Å². The molecule has 102 valence electrons. The number of nitrogens with one attached hydrogen (secondary N) is 2. The number of primary sulfonamides is 1. The van der Waals surface area contributed by atoms with Gasteiger partial charge in [-0.25, -0.2) is 18.4 Å². The zero-order valence-electron chi connectivity index (χ0n) is 10.3. The summed E-state index contributed by atoms with van der Waals surface area (Å²) in [5.41, 5.74) is 0. The van der Waals surface area contributed by atoms with Crippen molar-refractivity contribution in [3.05, 3.63) is 17.0 Å². The first kappa shape index (κ1) is 14.9. The van der Waals surface area contributed by atoms with Crippen molar-refractivity contribution >= 4 is 27.4 Å². The number of hydrogen-bond donors (Lipinski definition) is 3. The van der Waals surface area contributed by atoms with Gasteiger partial charge in [-0.2, -0.15) is 0 Å². The average Bonchev–Trinajstić information content (AvgIpc) is 2.64. The van der Waals surface area contributed by atoms with Gasteiger partial charge in [-0.3, -0.25) is 0 Å². The Morgan fingerprint density at radius 3 is 2.61 bits per heavy atom. The van der Waals surface area contributed by atoms with E-state index in [0.29, 0.717) is 13.0 Å². The molecule has 1 rings (SSSR count). The fraction of sp³-hybridized carbons (Fsp3) is 0.500. The van der Waals surface area contributed by atoms with Crippen molar-refractivity contribution in [3.63, 3.8) is 0 Å². The smallest absolute Gasteiger partial charge is 0.314 e. The maximum Gasteiger partial charge on any atom is 0.314 e. The molecule has 0 fully saturated rings. The summed E-state index contributed by atoms with van der Waals surface area (Å²) < 4.78 is 22.3. The quantitative estimate of drug-likeness (QED) is 0.742. The second-order valence-electron chi connectivity index (χ2n) is 4.07. The molecule has 0 saturated carbocycles. The highest BCUT2D eigenvalue weighted by atomic mass is 32.2. The van der Waals surface area contributed by atoms with Crippen LogP contribution in [0, 0.1) is 0 Å². The SMILES string of the molecule is CC(C)NC(=O)NCCc1ccc(S(N)(=O)=O)s1. The molecule has 0 radical (unpaired) electrons. The minimum absolute atomic E-state index is 0.0840. The molecule has 0 aromatic carbocycles. The maximum absolute atomic E-state index is 11.3. The Hall–Kier alpha value is -1.12. The van der Waals surface area contributed by atoms with Crippen molar-refractivity contribution in [1.29, 1.82) is 0 Å². The molecule has 0 spiro atoms. The van der Waals surface area contributed by atoms with Crippen LogP contribution in [0.2, 0.25) is 0 Å². The zero-order valence-corrected chi connectivity index (χ0v) is 11.9. The number of sulfonamides is 1. The Labute approximate surface area is 111 Å². The van der Waals surface area contributed by atoms with Gasteiger partial charge in [0.1, 0.15) is 4.21 Å². The summed E-state index contributed by atoms with van der Waals surface area (Å²) >= 11 is 1.12. The summed E-state index contributed by atoms with van der Waals surface area (Å²) in [6.07, 6.45) is 0.575. The lowest BCUT2D eigenvalue weighted by Gasteiger charge is -2.09. The first-order chi connectivity index (χ1) is 8.29. The lowest BCUT2D eigenvalue weighted by Crippen LogP contribution is -2.40. The molecule has 0 unspecified atom stereocenters. The van der Waals surface area contributed by atoms with Crippen LogP contribution >= 0.6 is 11.3 Å². The molecule has 2 amide bonds. The van der Waals surface area contributed by atoms with E-state index >= 15 is 0 Å². The summed E-state index contributed by atoms with van der Waals surface area (Å²) in [6, 6.07) is 3.03. The van der Waals surface area contributed by atoms with E-state index in [4.69, 9.17) is 5.14 Å². The van der Waals surface area contributed by atoms with Gasteiger partial charge in [0.15, 0.2) is 0 Å². The van der Waals surface area contributed by atoms with Gasteiger partial charge >= 0.3 is 6.03 Å². The number of carbonyl (C=O) groups excluding carboxylic acids is 1. The van der Waals surface area contributed by atoms with Crippen LogP contribution in [0.15, 0.2) is 16.3 Å². The van der Waals surface area contributed by atoms with E-state index in [1.807, 2.05) is 13.8 Å². The number of hydrogen-bond acceptors (Lipinski definition) is 4. The molecule has 1 heterocycles. The van der Waals surface area contributed by atoms with Gasteiger partial charge < -0.3 is 10.6 Å². The standard InChI is InChI=1S/C10H17N3O3S2/c1-7(2)13-10(14)12-6-5-8-3-4-9(17-8)18(11,15)16/h3-4,7H,5-6H2,1-2H3,(H2,11,15,16)(H2,12,13,14). The molecular formula is C10H17N3O3S2. The maximum atomic E-state index is 11.3. The molecule has 4 N–H and O–H groups in total. The second-order valence-corrected chi connectivity index (χ2v) is 7.03. The van der Waals surface area contributed by atoms with E-state index in [1.165, 1.54) is 6.07 Å². The van der Waals surface area contributed by atoms with Crippen LogP contribution in [-0.4, -0.2) is 27.0 Å². The fourth-order valence-corrected chi connectivity index (χ4v) is 3.04. The first-order valence-corrected chi connectivity index (χ1v) is 7.81. The molecule has 18 heavy (non-hydrogen) atoms. The highest BCUT2D eigenvalue weighted by Gasteiger charge is 2.11. The van der Waals surface area contributed by atoms with E-state index in [0.717, 1.165) is 16.2 Å². The van der Waals surface area contributed by atoms with Crippen molar-refractivity contribution in [2.75, 3.05) is 6.54 Å². The summed E-state index contributed by atoms with van der Waals surface area (Å²) in [4.78, 5) is 12.1. The van der Waals surface area contributed by atoms with Crippen molar-refractivity contribution in [1.82, 2.24) is 10.6 Å². The Balaban J connectivity index is 2.41. The number of amides is 2. The Kier molecular flexibility index (Phi) is 5.12. The van der Waals surface area contributed by atoms with Gasteiger partial charge in [0.2, 0.25) is 10.0 Å². The molecule has 0 atom stereocenters. The third-order valence-corrected chi connectivity index (χ3v) is 4.58. The van der Waals surface area contributed by atoms with Crippen LogP contribution < -0.4 is 15.8 Å². The highest BCUT2D eigenvalue weighted by molar-refractivity contribution is 7.91. The summed E-state index contributed by atoms with van der Waals surface area (Å²) in [5, 5.41) is 10.4. The largest absolute Gasteiger partial charge is 0.338 e. The Bertz CT molecular complexity index is 508. The topological polar surface area (TPSA) is 101 Å². The average molecular weight is 291 g/mol. The van der Waals surface area contributed by atoms with Crippen LogP contribution in [0.1, 0.15) is 18.7 Å². The molecule has 6 nitrogen and oxygen atoms in total. The van der Waals surface area contributed by atoms with Gasteiger partial charge in [-0.05, 0) is 32.4 Å². The summed E-state index contributed by atoms with van der Waals surface area (Å²) in [7, 11) is -3.62. The van der Waals surface area contributed by atoms with Crippen LogP contribution in [0.25, 0.3) is 0 Å². The van der Waals surface area contributed by atoms with E-state index in [9.17, 15) is 13.2 Å². The summed E-state index contributed by atoms with van der Waals surface area (Å²) in [6.45, 7) is 4.19. The van der Waals surface area contributed by atoms with Crippen LogP contribution in [0.4, 0.5) is 4.79 Å². The van der Waals surface area contributed by atoms with Gasteiger partial charge in [0, 0.05) is 17.5 Å². The number of urea groups is 1. The molecule has 1 aromatic heterocycles. The lowest BCUT2D eigenvalue weighted by molar-refractivity contribution is 0.238. The molecule has 0 bridgehead atoms. The van der Waals surface area contributed by atoms with Crippen LogP contribution in [0.5, 0.6) is 0 Å². The predicted molar refractivity (Wildman–Crippen MR) is 71.1 cm³/mol. The molecule has 0 aliphatic heterocycles. The second kappa shape index (κ2) is 6.17. The number of thiophene rings is 1. The number of rotatable bonds is 5. The molecule has 8 heteroatoms. The molecule has 1 aromatic rings. The molecule has 0 aliphatic rings. The minimum atomic E-state index is -3.62. The highest BCUT2D eigenvalue weighted by Crippen LogP contribution is 2.20. The fourth-order valence-electron chi connectivity index (χ4n) is 1.26. The Morgan fingerprint density at radius 1 is 1.44 bits per heavy atom. The molecule has 0 aliphatic carbocycles. The van der Waals surface area contributed by atoms with Gasteiger partial charge in [0.25, 0.3) is 0 Å². The summed E-state index contributed by atoms with van der Waals surface area (Å²) in [5.74, 6) is 0. The zero-order chi connectivity index (χ0) is 13.8. The van der Waals surface area contributed by atoms with Gasteiger partial charge in [0.05, 0.1) is 0 Å². The first-order valence-electron chi connectivity index (χ1n) is 5.45. The van der Waals surface area contributed by atoms with Crippen molar-refractivity contribution in [2.45, 2.75) is 30.5 Å². The molecule has 0 saturated heterocycles. The number of nitrogens with two attached hydrogens (primary N) is 1.